The van der Waals surface area contributed by atoms with E-state index in [1.807, 2.05) is 0 Å². The molecule has 0 unspecified atom stereocenters. The minimum absolute atomic E-state index is 0. The van der Waals surface area contributed by atoms with Gasteiger partial charge in [-0.3, -0.25) is 0 Å². The van der Waals surface area contributed by atoms with E-state index in [2.05, 4.69) is 28.2 Å². The Hall–Kier alpha value is 0.479. The molecule has 0 aromatic carbocycles. The number of hydrogen-bond donors (Lipinski definition) is 0. The molecule has 1 nitrogen and oxygen atoms in total. The van der Waals surface area contributed by atoms with Crippen LogP contribution in [0.15, 0.2) is 0 Å². The molecule has 0 rings (SSSR count). The first-order valence-corrected chi connectivity index (χ1v) is 1.79. The molecular formula is C4H12FeN+. The fourth-order valence-electron chi connectivity index (χ4n) is 0. The number of hydrogen-bond acceptors (Lipinski definition) is 0. The molecule has 0 spiro atoms. The summed E-state index contributed by atoms with van der Waals surface area (Å²) in [6, 6.07) is 0. The predicted molar refractivity (Wildman–Crippen MR) is 24.0 cm³/mol. The zero-order chi connectivity index (χ0) is 4.50. The van der Waals surface area contributed by atoms with Gasteiger partial charge in [-0.15, -0.1) is 0 Å². The second-order valence-electron chi connectivity index (χ2n) is 2.68. The van der Waals surface area contributed by atoms with Crippen molar-refractivity contribution in [1.29, 1.82) is 0 Å². The fraction of sp³-hybridized carbons (Fsp3) is 1.00. The summed E-state index contributed by atoms with van der Waals surface area (Å²) in [5.41, 5.74) is 0. The first-order valence-electron chi connectivity index (χ1n) is 1.79. The largest absolute Gasteiger partial charge is 0.333 e. The van der Waals surface area contributed by atoms with E-state index in [0.717, 1.165) is 4.48 Å². The van der Waals surface area contributed by atoms with Gasteiger partial charge in [0.15, 0.2) is 0 Å². The van der Waals surface area contributed by atoms with Crippen LogP contribution in [0, 0.1) is 0 Å². The van der Waals surface area contributed by atoms with Gasteiger partial charge in [-0.1, -0.05) is 0 Å². The maximum atomic E-state index is 2.12. The average molecular weight is 130 g/mol. The van der Waals surface area contributed by atoms with Crippen molar-refractivity contribution in [3.63, 3.8) is 0 Å². The zero-order valence-corrected chi connectivity index (χ0v) is 5.90. The Bertz CT molecular complexity index is 23.0. The topological polar surface area (TPSA) is 0 Å². The average Bonchev–Trinajstić information content (AvgIpc) is 0.722. The minimum Gasteiger partial charge on any atom is -0.333 e. The number of rotatable bonds is 0. The predicted octanol–water partition coefficient (Wildman–Crippen LogP) is 0.320. The first kappa shape index (κ1) is 9.70. The van der Waals surface area contributed by atoms with Crippen LogP contribution in [0.3, 0.4) is 0 Å². The van der Waals surface area contributed by atoms with Gasteiger partial charge in [0, 0.05) is 17.1 Å². The third kappa shape index (κ3) is 236. The molecule has 0 aliphatic carbocycles. The molecule has 0 N–H and O–H groups in total. The van der Waals surface area contributed by atoms with E-state index in [9.17, 15) is 0 Å². The monoisotopic (exact) mass is 130 g/mol. The molecule has 0 aromatic heterocycles. The van der Waals surface area contributed by atoms with Gasteiger partial charge >= 0.3 is 0 Å². The van der Waals surface area contributed by atoms with Crippen molar-refractivity contribution in [2.45, 2.75) is 0 Å². The summed E-state index contributed by atoms with van der Waals surface area (Å²) in [6.07, 6.45) is 0. The molecule has 0 bridgehead atoms. The van der Waals surface area contributed by atoms with Crippen LogP contribution in [0.4, 0.5) is 0 Å². The van der Waals surface area contributed by atoms with Crippen LogP contribution in [-0.2, 0) is 17.1 Å². The van der Waals surface area contributed by atoms with Crippen LogP contribution in [0.25, 0.3) is 0 Å². The van der Waals surface area contributed by atoms with Gasteiger partial charge in [-0.25, -0.2) is 0 Å². The van der Waals surface area contributed by atoms with Crippen LogP contribution in [0.2, 0.25) is 0 Å². The molecular weight excluding hydrogens is 118 g/mol. The Kier molecular flexibility index (Phi) is 4.23. The van der Waals surface area contributed by atoms with E-state index in [1.54, 1.807) is 0 Å². The summed E-state index contributed by atoms with van der Waals surface area (Å²) in [4.78, 5) is 0. The van der Waals surface area contributed by atoms with Crippen molar-refractivity contribution in [3.8, 4) is 0 Å². The molecule has 0 aromatic rings. The van der Waals surface area contributed by atoms with Crippen molar-refractivity contribution in [1.82, 2.24) is 0 Å². The second-order valence-corrected chi connectivity index (χ2v) is 2.68. The molecule has 0 aliphatic heterocycles. The molecule has 2 heteroatoms. The Morgan fingerprint density at radius 3 is 0.833 bits per heavy atom. The third-order valence-electron chi connectivity index (χ3n) is 0. The van der Waals surface area contributed by atoms with Gasteiger partial charge in [0.1, 0.15) is 0 Å². The normalized spacial score (nSPS) is 10.0. The van der Waals surface area contributed by atoms with Crippen molar-refractivity contribution < 1.29 is 21.6 Å². The number of nitrogens with zero attached hydrogens (tertiary/aromatic N) is 1. The van der Waals surface area contributed by atoms with Crippen LogP contribution >= 0.6 is 0 Å². The molecule has 0 saturated heterocycles. The van der Waals surface area contributed by atoms with Crippen molar-refractivity contribution in [3.05, 3.63) is 0 Å². The Balaban J connectivity index is 0. The maximum absolute atomic E-state index is 2.12. The molecule has 0 saturated carbocycles. The smallest absolute Gasteiger partial charge is 0.0675 e. The van der Waals surface area contributed by atoms with Crippen molar-refractivity contribution in [2.75, 3.05) is 28.2 Å². The Morgan fingerprint density at radius 2 is 0.833 bits per heavy atom. The molecule has 0 radical (unpaired) electrons. The van der Waals surface area contributed by atoms with Gasteiger partial charge < -0.3 is 4.48 Å². The maximum Gasteiger partial charge on any atom is 0.0675 e. The van der Waals surface area contributed by atoms with Gasteiger partial charge in [0.2, 0.25) is 0 Å². The van der Waals surface area contributed by atoms with E-state index < -0.39 is 0 Å². The van der Waals surface area contributed by atoms with Gasteiger partial charge in [-0.2, -0.15) is 0 Å². The molecule has 0 amide bonds. The summed E-state index contributed by atoms with van der Waals surface area (Å²) in [5, 5.41) is 0. The van der Waals surface area contributed by atoms with E-state index >= 15 is 0 Å². The quantitative estimate of drug-likeness (QED) is 0.327. The van der Waals surface area contributed by atoms with Crippen LogP contribution in [-0.4, -0.2) is 32.7 Å². The molecule has 0 fully saturated rings. The summed E-state index contributed by atoms with van der Waals surface area (Å²) in [7, 11) is 8.50. The van der Waals surface area contributed by atoms with Gasteiger partial charge in [0.25, 0.3) is 0 Å². The second kappa shape index (κ2) is 2.62. The summed E-state index contributed by atoms with van der Waals surface area (Å²) < 4.78 is 1.00. The Morgan fingerprint density at radius 1 is 0.833 bits per heavy atom. The molecule has 6 heavy (non-hydrogen) atoms. The Labute approximate surface area is 50.4 Å². The van der Waals surface area contributed by atoms with Crippen molar-refractivity contribution in [2.24, 2.45) is 0 Å². The molecule has 40 valence electrons. The zero-order valence-electron chi connectivity index (χ0n) is 4.80. The minimum atomic E-state index is 0. The summed E-state index contributed by atoms with van der Waals surface area (Å²) in [5.74, 6) is 0. The molecule has 0 aliphatic rings. The SMILES string of the molecule is C[N+](C)(C)C.[Fe]. The first-order chi connectivity index (χ1) is 2.00. The van der Waals surface area contributed by atoms with Crippen molar-refractivity contribution >= 4 is 0 Å². The molecule has 0 heterocycles. The molecule has 0 atom stereocenters. The van der Waals surface area contributed by atoms with Gasteiger partial charge in [0.05, 0.1) is 28.2 Å². The third-order valence-corrected chi connectivity index (χ3v) is 0. The van der Waals surface area contributed by atoms with Crippen LogP contribution in [0.5, 0.6) is 0 Å². The van der Waals surface area contributed by atoms with E-state index in [-0.39, 0.29) is 17.1 Å². The fourth-order valence-corrected chi connectivity index (χ4v) is 0. The van der Waals surface area contributed by atoms with E-state index in [4.69, 9.17) is 0 Å². The summed E-state index contributed by atoms with van der Waals surface area (Å²) >= 11 is 0. The van der Waals surface area contributed by atoms with Crippen LogP contribution < -0.4 is 0 Å². The standard InChI is InChI=1S/C4H12N.Fe/c1-5(2,3)4;/h1-4H3;/q+1;. The van der Waals surface area contributed by atoms with E-state index in [0.29, 0.717) is 0 Å². The van der Waals surface area contributed by atoms with Gasteiger partial charge in [-0.05, 0) is 0 Å². The van der Waals surface area contributed by atoms with E-state index in [1.165, 1.54) is 0 Å². The van der Waals surface area contributed by atoms with Crippen LogP contribution in [0.1, 0.15) is 0 Å². The summed E-state index contributed by atoms with van der Waals surface area (Å²) in [6.45, 7) is 0. The number of quaternary nitrogens is 1.